The highest BCUT2D eigenvalue weighted by molar-refractivity contribution is 5.79. The van der Waals surface area contributed by atoms with Crippen molar-refractivity contribution in [3.8, 4) is 0 Å². The first-order valence-electron chi connectivity index (χ1n) is 5.67. The van der Waals surface area contributed by atoms with Gasteiger partial charge in [0.25, 0.3) is 0 Å². The normalized spacial score (nSPS) is 22.8. The molecule has 1 aliphatic rings. The fraction of sp³-hybridized carbons (Fsp3) is 0.909. The zero-order valence-corrected chi connectivity index (χ0v) is 9.25. The Morgan fingerprint density at radius 3 is 2.36 bits per heavy atom. The van der Waals surface area contributed by atoms with Gasteiger partial charge in [-0.05, 0) is 26.7 Å². The number of carbonyl (C=O) groups excluding carboxylic acids is 1. The van der Waals surface area contributed by atoms with Crippen molar-refractivity contribution >= 4 is 5.91 Å². The maximum Gasteiger partial charge on any atom is 0.223 e. The van der Waals surface area contributed by atoms with Crippen LogP contribution in [0, 0.1) is 5.92 Å². The molecule has 0 aromatic heterocycles. The second kappa shape index (κ2) is 5.35. The molecule has 1 aliphatic carbocycles. The van der Waals surface area contributed by atoms with Gasteiger partial charge in [-0.25, -0.2) is 0 Å². The van der Waals surface area contributed by atoms with Crippen LogP contribution in [-0.2, 0) is 4.79 Å². The van der Waals surface area contributed by atoms with Crippen molar-refractivity contribution < 1.29 is 4.79 Å². The van der Waals surface area contributed by atoms with E-state index in [1.54, 1.807) is 0 Å². The summed E-state index contributed by atoms with van der Waals surface area (Å²) in [5.41, 5.74) is 5.70. The van der Waals surface area contributed by atoms with Crippen LogP contribution >= 0.6 is 0 Å². The first-order valence-corrected chi connectivity index (χ1v) is 5.67. The molecule has 0 saturated heterocycles. The van der Waals surface area contributed by atoms with Gasteiger partial charge in [-0.2, -0.15) is 0 Å². The lowest BCUT2D eigenvalue weighted by Crippen LogP contribution is -2.46. The third-order valence-electron chi connectivity index (χ3n) is 3.13. The number of nitrogens with one attached hydrogen (secondary N) is 1. The molecule has 3 nitrogen and oxygen atoms in total. The second-order valence-corrected chi connectivity index (χ2v) is 4.49. The molecule has 3 heteroatoms. The number of hydrogen-bond donors (Lipinski definition) is 2. The summed E-state index contributed by atoms with van der Waals surface area (Å²) in [5.74, 6) is 0.444. The fourth-order valence-electron chi connectivity index (χ4n) is 1.84. The highest BCUT2D eigenvalue weighted by Gasteiger charge is 2.22. The van der Waals surface area contributed by atoms with Crippen LogP contribution in [0.3, 0.4) is 0 Å². The van der Waals surface area contributed by atoms with Crippen LogP contribution in [0.25, 0.3) is 0 Å². The molecule has 0 heterocycles. The Bertz CT molecular complexity index is 186. The van der Waals surface area contributed by atoms with Crippen LogP contribution in [-0.4, -0.2) is 18.0 Å². The molecule has 0 aromatic carbocycles. The molecule has 0 aromatic rings. The van der Waals surface area contributed by atoms with Gasteiger partial charge in [0.2, 0.25) is 5.91 Å². The summed E-state index contributed by atoms with van der Waals surface area (Å²) in [7, 11) is 0. The van der Waals surface area contributed by atoms with E-state index < -0.39 is 0 Å². The first-order chi connectivity index (χ1) is 6.61. The fourth-order valence-corrected chi connectivity index (χ4v) is 1.84. The van der Waals surface area contributed by atoms with Gasteiger partial charge in [0, 0.05) is 18.0 Å². The predicted molar refractivity (Wildman–Crippen MR) is 57.8 cm³/mol. The maximum absolute atomic E-state index is 11.7. The van der Waals surface area contributed by atoms with Crippen LogP contribution in [0.15, 0.2) is 0 Å². The van der Waals surface area contributed by atoms with E-state index in [0.29, 0.717) is 0 Å². The van der Waals surface area contributed by atoms with Crippen LogP contribution in [0.2, 0.25) is 0 Å². The third-order valence-corrected chi connectivity index (χ3v) is 3.13. The van der Waals surface area contributed by atoms with E-state index >= 15 is 0 Å². The van der Waals surface area contributed by atoms with Crippen LogP contribution in [0.4, 0.5) is 0 Å². The summed E-state index contributed by atoms with van der Waals surface area (Å²) in [6.07, 6.45) is 5.79. The van der Waals surface area contributed by atoms with Gasteiger partial charge in [0.1, 0.15) is 0 Å². The van der Waals surface area contributed by atoms with Crippen molar-refractivity contribution in [3.63, 3.8) is 0 Å². The first kappa shape index (κ1) is 11.5. The zero-order chi connectivity index (χ0) is 10.6. The van der Waals surface area contributed by atoms with Gasteiger partial charge in [0.15, 0.2) is 0 Å². The van der Waals surface area contributed by atoms with Gasteiger partial charge < -0.3 is 11.1 Å². The molecule has 0 spiro atoms. The van der Waals surface area contributed by atoms with Crippen molar-refractivity contribution in [1.82, 2.24) is 5.32 Å². The summed E-state index contributed by atoms with van der Waals surface area (Å²) in [4.78, 5) is 11.7. The van der Waals surface area contributed by atoms with Crippen molar-refractivity contribution in [2.24, 2.45) is 11.7 Å². The van der Waals surface area contributed by atoms with E-state index in [-0.39, 0.29) is 23.9 Å². The Morgan fingerprint density at radius 1 is 1.29 bits per heavy atom. The van der Waals surface area contributed by atoms with Crippen molar-refractivity contribution in [1.29, 1.82) is 0 Å². The highest BCUT2D eigenvalue weighted by atomic mass is 16.1. The van der Waals surface area contributed by atoms with Crippen molar-refractivity contribution in [2.45, 2.75) is 58.0 Å². The molecule has 1 rings (SSSR count). The molecule has 1 saturated carbocycles. The van der Waals surface area contributed by atoms with Crippen LogP contribution < -0.4 is 11.1 Å². The van der Waals surface area contributed by atoms with Gasteiger partial charge in [-0.15, -0.1) is 0 Å². The number of amides is 1. The topological polar surface area (TPSA) is 55.1 Å². The van der Waals surface area contributed by atoms with Crippen LogP contribution in [0.1, 0.15) is 46.0 Å². The lowest BCUT2D eigenvalue weighted by molar-refractivity contribution is -0.126. The number of hydrogen-bond acceptors (Lipinski definition) is 2. The molecule has 0 bridgehead atoms. The Kier molecular flexibility index (Phi) is 4.39. The second-order valence-electron chi connectivity index (χ2n) is 4.49. The minimum Gasteiger partial charge on any atom is -0.352 e. The lowest BCUT2D eigenvalue weighted by Gasteiger charge is -2.24. The highest BCUT2D eigenvalue weighted by Crippen LogP contribution is 2.23. The average molecular weight is 198 g/mol. The van der Waals surface area contributed by atoms with E-state index in [0.717, 1.165) is 12.8 Å². The quantitative estimate of drug-likeness (QED) is 0.720. The third kappa shape index (κ3) is 3.29. The molecule has 82 valence electrons. The van der Waals surface area contributed by atoms with E-state index in [9.17, 15) is 4.79 Å². The SMILES string of the molecule is CC(N)C(C)NC(=O)C1CCCCC1. The maximum atomic E-state index is 11.7. The number of rotatable bonds is 3. The molecule has 2 atom stereocenters. The Labute approximate surface area is 86.4 Å². The van der Waals surface area contributed by atoms with Crippen LogP contribution in [0.5, 0.6) is 0 Å². The van der Waals surface area contributed by atoms with E-state index in [4.69, 9.17) is 5.73 Å². The molecule has 14 heavy (non-hydrogen) atoms. The van der Waals surface area contributed by atoms with Gasteiger partial charge in [-0.3, -0.25) is 4.79 Å². The van der Waals surface area contributed by atoms with Crippen molar-refractivity contribution in [3.05, 3.63) is 0 Å². The zero-order valence-electron chi connectivity index (χ0n) is 9.25. The molecule has 0 radical (unpaired) electrons. The van der Waals surface area contributed by atoms with Gasteiger partial charge in [-0.1, -0.05) is 19.3 Å². The summed E-state index contributed by atoms with van der Waals surface area (Å²) in [6, 6.07) is 0.118. The summed E-state index contributed by atoms with van der Waals surface area (Å²) in [5, 5.41) is 2.99. The number of nitrogens with two attached hydrogens (primary N) is 1. The Hall–Kier alpha value is -0.570. The standard InChI is InChI=1S/C11H22N2O/c1-8(12)9(2)13-11(14)10-6-4-3-5-7-10/h8-10H,3-7,12H2,1-2H3,(H,13,14). The minimum atomic E-state index is 0.0301. The van der Waals surface area contributed by atoms with Gasteiger partial charge in [0.05, 0.1) is 0 Å². The minimum absolute atomic E-state index is 0.0301. The van der Waals surface area contributed by atoms with Gasteiger partial charge >= 0.3 is 0 Å². The average Bonchev–Trinajstić information content (AvgIpc) is 2.19. The Balaban J connectivity index is 2.33. The molecular weight excluding hydrogens is 176 g/mol. The summed E-state index contributed by atoms with van der Waals surface area (Å²) in [6.45, 7) is 3.89. The van der Waals surface area contributed by atoms with E-state index in [1.165, 1.54) is 19.3 Å². The molecule has 1 fully saturated rings. The summed E-state index contributed by atoms with van der Waals surface area (Å²) < 4.78 is 0. The largest absolute Gasteiger partial charge is 0.352 e. The molecular formula is C11H22N2O. The lowest BCUT2D eigenvalue weighted by atomic mass is 9.88. The molecule has 3 N–H and O–H groups in total. The predicted octanol–water partition coefficient (Wildman–Crippen LogP) is 1.42. The molecule has 0 aliphatic heterocycles. The van der Waals surface area contributed by atoms with E-state index in [1.807, 2.05) is 13.8 Å². The van der Waals surface area contributed by atoms with Crippen molar-refractivity contribution in [2.75, 3.05) is 0 Å². The molecule has 1 amide bonds. The Morgan fingerprint density at radius 2 is 1.86 bits per heavy atom. The van der Waals surface area contributed by atoms with E-state index in [2.05, 4.69) is 5.32 Å². The number of carbonyl (C=O) groups is 1. The summed E-state index contributed by atoms with van der Waals surface area (Å²) >= 11 is 0. The molecule has 2 unspecified atom stereocenters. The smallest absolute Gasteiger partial charge is 0.223 e. The monoisotopic (exact) mass is 198 g/mol.